The first-order chi connectivity index (χ1) is 14.5. The molecule has 0 spiro atoms. The van der Waals surface area contributed by atoms with E-state index in [0.29, 0.717) is 26.9 Å². The van der Waals surface area contributed by atoms with Crippen molar-refractivity contribution in [3.8, 4) is 11.3 Å². The lowest BCUT2D eigenvalue weighted by Crippen LogP contribution is -2.20. The molecule has 0 unspecified atom stereocenters. The summed E-state index contributed by atoms with van der Waals surface area (Å²) in [5.41, 5.74) is 6.81. The number of benzene rings is 3. The number of halogens is 2. The van der Waals surface area contributed by atoms with Gasteiger partial charge in [-0.2, -0.15) is 5.10 Å². The van der Waals surface area contributed by atoms with Crippen molar-refractivity contribution in [1.29, 1.82) is 0 Å². The summed E-state index contributed by atoms with van der Waals surface area (Å²) in [4.78, 5) is 17.7. The maximum absolute atomic E-state index is 13.0. The summed E-state index contributed by atoms with van der Waals surface area (Å²) < 4.78 is 0. The van der Waals surface area contributed by atoms with Crippen molar-refractivity contribution in [2.45, 2.75) is 6.92 Å². The van der Waals surface area contributed by atoms with Gasteiger partial charge in [0.15, 0.2) is 0 Å². The van der Waals surface area contributed by atoms with Gasteiger partial charge in [0.2, 0.25) is 0 Å². The number of pyridine rings is 1. The van der Waals surface area contributed by atoms with Crippen LogP contribution in [0.15, 0.2) is 84.0 Å². The van der Waals surface area contributed by atoms with Crippen LogP contribution >= 0.6 is 23.2 Å². The van der Waals surface area contributed by atoms with E-state index in [0.717, 1.165) is 22.2 Å². The second-order valence-corrected chi connectivity index (χ2v) is 7.54. The number of hydrazone groups is 1. The van der Waals surface area contributed by atoms with Crippen LogP contribution in [0.2, 0.25) is 10.0 Å². The van der Waals surface area contributed by atoms with Crippen molar-refractivity contribution in [3.63, 3.8) is 0 Å². The highest BCUT2D eigenvalue weighted by Crippen LogP contribution is 2.25. The number of hydrogen-bond donors (Lipinski definition) is 1. The molecule has 1 amide bonds. The van der Waals surface area contributed by atoms with E-state index in [-0.39, 0.29) is 5.91 Å². The van der Waals surface area contributed by atoms with Gasteiger partial charge in [-0.25, -0.2) is 10.4 Å². The van der Waals surface area contributed by atoms with Crippen LogP contribution in [0, 0.1) is 0 Å². The molecule has 30 heavy (non-hydrogen) atoms. The van der Waals surface area contributed by atoms with Gasteiger partial charge in [-0.15, -0.1) is 0 Å². The van der Waals surface area contributed by atoms with Gasteiger partial charge < -0.3 is 0 Å². The highest BCUT2D eigenvalue weighted by atomic mass is 35.5. The van der Waals surface area contributed by atoms with E-state index < -0.39 is 0 Å². The number of hydrogen-bond acceptors (Lipinski definition) is 3. The molecule has 6 heteroatoms. The van der Waals surface area contributed by atoms with Crippen LogP contribution in [0.1, 0.15) is 22.8 Å². The molecule has 4 aromatic rings. The van der Waals surface area contributed by atoms with Gasteiger partial charge in [0.05, 0.1) is 27.5 Å². The summed E-state index contributed by atoms with van der Waals surface area (Å²) in [6.45, 7) is 1.77. The van der Waals surface area contributed by atoms with E-state index in [9.17, 15) is 4.79 Å². The maximum Gasteiger partial charge on any atom is 0.272 e. The van der Waals surface area contributed by atoms with E-state index in [1.54, 1.807) is 31.2 Å². The van der Waals surface area contributed by atoms with Gasteiger partial charge in [-0.1, -0.05) is 77.8 Å². The predicted molar refractivity (Wildman–Crippen MR) is 123 cm³/mol. The van der Waals surface area contributed by atoms with E-state index in [1.165, 1.54) is 0 Å². The summed E-state index contributed by atoms with van der Waals surface area (Å²) in [6.07, 6.45) is 0. The molecule has 0 aliphatic carbocycles. The molecule has 0 radical (unpaired) electrons. The summed E-state index contributed by atoms with van der Waals surface area (Å²) in [5, 5.41) is 6.01. The average molecular weight is 434 g/mol. The van der Waals surface area contributed by atoms with E-state index >= 15 is 0 Å². The Morgan fingerprint density at radius 1 is 0.900 bits per heavy atom. The molecule has 1 N–H and O–H groups in total. The maximum atomic E-state index is 13.0. The fourth-order valence-corrected chi connectivity index (χ4v) is 3.70. The Morgan fingerprint density at radius 2 is 1.63 bits per heavy atom. The largest absolute Gasteiger partial charge is 0.272 e. The SMILES string of the molecule is C/C(=N/NC(=O)c1cc(-c2ccccc2)nc2ccccc12)c1ccc(Cl)cc1Cl. The van der Waals surface area contributed by atoms with Crippen LogP contribution in [0.3, 0.4) is 0 Å². The number of aromatic nitrogens is 1. The van der Waals surface area contributed by atoms with Crippen LogP contribution < -0.4 is 5.43 Å². The first kappa shape index (κ1) is 20.1. The standard InChI is InChI=1S/C24H17Cl2N3O/c1-15(18-12-11-17(25)13-21(18)26)28-29-24(30)20-14-23(16-7-3-2-4-8-16)27-22-10-6-5-9-19(20)22/h2-14H,1H3,(H,29,30)/b28-15-. The van der Waals surface area contributed by atoms with Gasteiger partial charge in [0.25, 0.3) is 5.91 Å². The molecule has 0 atom stereocenters. The van der Waals surface area contributed by atoms with Crippen molar-refractivity contribution < 1.29 is 4.79 Å². The lowest BCUT2D eigenvalue weighted by molar-refractivity contribution is 0.0956. The Balaban J connectivity index is 1.70. The second kappa shape index (κ2) is 8.66. The minimum atomic E-state index is -0.324. The molecule has 1 heterocycles. The fourth-order valence-electron chi connectivity index (χ4n) is 3.16. The van der Waals surface area contributed by atoms with Crippen LogP contribution in [0.5, 0.6) is 0 Å². The molecular formula is C24H17Cl2N3O. The number of fused-ring (bicyclic) bond motifs is 1. The van der Waals surface area contributed by atoms with Crippen LogP contribution in [0.25, 0.3) is 22.2 Å². The van der Waals surface area contributed by atoms with Crippen molar-refractivity contribution in [2.75, 3.05) is 0 Å². The fraction of sp³-hybridized carbons (Fsp3) is 0.0417. The highest BCUT2D eigenvalue weighted by molar-refractivity contribution is 6.37. The number of amides is 1. The number of rotatable bonds is 4. The van der Waals surface area contributed by atoms with Crippen molar-refractivity contribution in [2.24, 2.45) is 5.10 Å². The summed E-state index contributed by atoms with van der Waals surface area (Å²) in [7, 11) is 0. The van der Waals surface area contributed by atoms with Crippen molar-refractivity contribution in [3.05, 3.63) is 100 Å². The third kappa shape index (κ3) is 4.20. The molecule has 0 aliphatic rings. The van der Waals surface area contributed by atoms with Gasteiger partial charge in [-0.3, -0.25) is 4.79 Å². The van der Waals surface area contributed by atoms with Crippen molar-refractivity contribution >= 4 is 45.7 Å². The highest BCUT2D eigenvalue weighted by Gasteiger charge is 2.14. The first-order valence-electron chi connectivity index (χ1n) is 9.28. The van der Waals surface area contributed by atoms with Crippen LogP contribution in [0.4, 0.5) is 0 Å². The first-order valence-corrected chi connectivity index (χ1v) is 10.0. The zero-order valence-corrected chi connectivity index (χ0v) is 17.6. The Kier molecular flexibility index (Phi) is 5.79. The van der Waals surface area contributed by atoms with E-state index in [2.05, 4.69) is 10.5 Å². The number of nitrogens with zero attached hydrogens (tertiary/aromatic N) is 2. The molecule has 4 nitrogen and oxygen atoms in total. The molecule has 1 aromatic heterocycles. The van der Waals surface area contributed by atoms with E-state index in [4.69, 9.17) is 28.2 Å². The Labute approximate surface area is 184 Å². The van der Waals surface area contributed by atoms with E-state index in [1.807, 2.05) is 54.6 Å². The predicted octanol–water partition coefficient (Wildman–Crippen LogP) is 6.36. The topological polar surface area (TPSA) is 54.4 Å². The molecule has 0 saturated heterocycles. The second-order valence-electron chi connectivity index (χ2n) is 6.70. The Hall–Kier alpha value is -3.21. The number of carbonyl (C=O) groups is 1. The van der Waals surface area contributed by atoms with Crippen molar-refractivity contribution in [1.82, 2.24) is 10.4 Å². The number of carbonyl (C=O) groups excluding carboxylic acids is 1. The summed E-state index contributed by atoms with van der Waals surface area (Å²) >= 11 is 12.2. The molecule has 4 rings (SSSR count). The van der Waals surface area contributed by atoms with Gasteiger partial charge in [-0.05, 0) is 31.2 Å². The third-order valence-corrected chi connectivity index (χ3v) is 5.22. The normalized spacial score (nSPS) is 11.5. The molecule has 0 fully saturated rings. The molecule has 0 saturated carbocycles. The quantitative estimate of drug-likeness (QED) is 0.300. The molecule has 148 valence electrons. The molecule has 0 aliphatic heterocycles. The van der Waals surface area contributed by atoms with Crippen LogP contribution in [-0.4, -0.2) is 16.6 Å². The van der Waals surface area contributed by atoms with Crippen LogP contribution in [-0.2, 0) is 0 Å². The minimum Gasteiger partial charge on any atom is -0.267 e. The summed E-state index contributed by atoms with van der Waals surface area (Å²) in [5.74, 6) is -0.324. The smallest absolute Gasteiger partial charge is 0.267 e. The molecular weight excluding hydrogens is 417 g/mol. The molecule has 3 aromatic carbocycles. The molecule has 0 bridgehead atoms. The zero-order valence-electron chi connectivity index (χ0n) is 16.1. The summed E-state index contributed by atoms with van der Waals surface area (Å²) in [6, 6.07) is 24.2. The van der Waals surface area contributed by atoms with Gasteiger partial charge in [0.1, 0.15) is 0 Å². The Bertz CT molecular complexity index is 1270. The Morgan fingerprint density at radius 3 is 2.40 bits per heavy atom. The average Bonchev–Trinajstić information content (AvgIpc) is 2.77. The van der Waals surface area contributed by atoms with Gasteiger partial charge >= 0.3 is 0 Å². The number of para-hydroxylation sites is 1. The minimum absolute atomic E-state index is 0.324. The third-order valence-electron chi connectivity index (χ3n) is 4.68. The lowest BCUT2D eigenvalue weighted by atomic mass is 10.0. The monoisotopic (exact) mass is 433 g/mol. The lowest BCUT2D eigenvalue weighted by Gasteiger charge is -2.10. The van der Waals surface area contributed by atoms with Gasteiger partial charge in [0, 0.05) is 21.5 Å². The zero-order chi connectivity index (χ0) is 21.1. The number of nitrogens with one attached hydrogen (secondary N) is 1.